The van der Waals surface area contributed by atoms with Gasteiger partial charge in [0.2, 0.25) is 5.91 Å². The highest BCUT2D eigenvalue weighted by Crippen LogP contribution is 2.32. The fourth-order valence-corrected chi connectivity index (χ4v) is 3.51. The van der Waals surface area contributed by atoms with E-state index in [1.807, 2.05) is 0 Å². The van der Waals surface area contributed by atoms with Gasteiger partial charge in [-0.2, -0.15) is 0 Å². The van der Waals surface area contributed by atoms with Crippen LogP contribution < -0.4 is 15.4 Å². The molecule has 7 nitrogen and oxygen atoms in total. The molecule has 0 aliphatic heterocycles. The van der Waals surface area contributed by atoms with E-state index in [4.69, 9.17) is 55.9 Å². The van der Waals surface area contributed by atoms with Crippen molar-refractivity contribution in [3.63, 3.8) is 0 Å². The minimum Gasteiger partial charge on any atom is -0.456 e. The number of nitrogens with one attached hydrogen (secondary N) is 2. The van der Waals surface area contributed by atoms with Gasteiger partial charge in [-0.3, -0.25) is 14.4 Å². The summed E-state index contributed by atoms with van der Waals surface area (Å²) in [6.07, 6.45) is -0.327. The van der Waals surface area contributed by atoms with Gasteiger partial charge in [-0.15, -0.1) is 0 Å². The number of benzene rings is 3. The van der Waals surface area contributed by atoms with E-state index < -0.39 is 24.4 Å². The maximum Gasteiger partial charge on any atom is 0.306 e. The summed E-state index contributed by atoms with van der Waals surface area (Å²) in [7, 11) is 0. The van der Waals surface area contributed by atoms with Crippen molar-refractivity contribution in [1.29, 1.82) is 0 Å². The third-order valence-corrected chi connectivity index (χ3v) is 5.48. The van der Waals surface area contributed by atoms with Crippen molar-refractivity contribution in [1.82, 2.24) is 0 Å². The predicted octanol–water partition coefficient (Wildman–Crippen LogP) is 6.99. The van der Waals surface area contributed by atoms with Crippen LogP contribution in [0.15, 0.2) is 60.7 Å². The molecule has 0 spiro atoms. The van der Waals surface area contributed by atoms with Crippen LogP contribution in [-0.4, -0.2) is 24.4 Å². The van der Waals surface area contributed by atoms with Gasteiger partial charge in [-0.25, -0.2) is 0 Å². The number of ether oxygens (including phenoxy) is 2. The van der Waals surface area contributed by atoms with Crippen molar-refractivity contribution in [2.24, 2.45) is 0 Å². The van der Waals surface area contributed by atoms with Crippen molar-refractivity contribution in [2.45, 2.75) is 12.8 Å². The number of amides is 2. The number of halogens is 4. The Labute approximate surface area is 221 Å². The van der Waals surface area contributed by atoms with Crippen LogP contribution in [0, 0.1) is 0 Å². The van der Waals surface area contributed by atoms with E-state index in [9.17, 15) is 14.4 Å². The summed E-state index contributed by atoms with van der Waals surface area (Å²) < 4.78 is 10.6. The molecule has 0 radical (unpaired) electrons. The first-order chi connectivity index (χ1) is 16.7. The molecule has 3 aromatic carbocycles. The Morgan fingerprint density at radius 2 is 1.40 bits per heavy atom. The second kappa shape index (κ2) is 12.7. The number of carbonyl (C=O) groups excluding carboxylic acids is 3. The van der Waals surface area contributed by atoms with Crippen LogP contribution >= 0.6 is 46.4 Å². The zero-order valence-corrected chi connectivity index (χ0v) is 21.0. The second-order valence-electron chi connectivity index (χ2n) is 7.08. The molecule has 0 aliphatic carbocycles. The van der Waals surface area contributed by atoms with Gasteiger partial charge < -0.3 is 20.1 Å². The monoisotopic (exact) mass is 554 g/mol. The smallest absolute Gasteiger partial charge is 0.306 e. The molecule has 182 valence electrons. The van der Waals surface area contributed by atoms with Gasteiger partial charge in [-0.1, -0.05) is 46.4 Å². The van der Waals surface area contributed by atoms with Crippen LogP contribution in [-0.2, 0) is 19.1 Å². The number of anilines is 2. The first kappa shape index (κ1) is 26.6. The van der Waals surface area contributed by atoms with Crippen LogP contribution in [0.1, 0.15) is 12.8 Å². The SMILES string of the molecule is O=C(CCC(=O)OCC(=O)Nc1cc(Cl)ccc1Cl)Nc1ccc(Oc2ccc(Cl)cc2Cl)cc1. The molecule has 3 aromatic rings. The van der Waals surface area contributed by atoms with E-state index in [0.29, 0.717) is 43.0 Å². The Kier molecular flexibility index (Phi) is 9.63. The summed E-state index contributed by atoms with van der Waals surface area (Å²) in [6.45, 7) is -0.525. The normalized spacial score (nSPS) is 10.4. The van der Waals surface area contributed by atoms with Crippen LogP contribution in [0.4, 0.5) is 11.4 Å². The molecule has 0 heterocycles. The first-order valence-electron chi connectivity index (χ1n) is 10.1. The number of esters is 1. The highest BCUT2D eigenvalue weighted by atomic mass is 35.5. The van der Waals surface area contributed by atoms with Crippen LogP contribution in [0.25, 0.3) is 0 Å². The van der Waals surface area contributed by atoms with E-state index in [1.165, 1.54) is 12.1 Å². The van der Waals surface area contributed by atoms with Gasteiger partial charge in [0.15, 0.2) is 6.61 Å². The average molecular weight is 556 g/mol. The van der Waals surface area contributed by atoms with Gasteiger partial charge in [-0.05, 0) is 60.7 Å². The lowest BCUT2D eigenvalue weighted by Crippen LogP contribution is -2.22. The lowest BCUT2D eigenvalue weighted by Gasteiger charge is -2.10. The molecule has 11 heteroatoms. The van der Waals surface area contributed by atoms with Crippen molar-refractivity contribution < 1.29 is 23.9 Å². The zero-order chi connectivity index (χ0) is 25.4. The fraction of sp³-hybridized carbons (Fsp3) is 0.125. The van der Waals surface area contributed by atoms with E-state index >= 15 is 0 Å². The first-order valence-corrected chi connectivity index (χ1v) is 11.6. The molecule has 35 heavy (non-hydrogen) atoms. The molecule has 2 N–H and O–H groups in total. The Hall–Kier alpha value is -2.97. The Bertz CT molecular complexity index is 1240. The standard InChI is InChI=1S/C24H18Cl4N2O5/c25-14-2-8-21(19(28)11-14)35-17-5-3-16(4-6-17)29-22(31)9-10-24(33)34-13-23(32)30-20-12-15(26)1-7-18(20)27/h1-8,11-12H,9-10,13H2,(H,29,31)(H,30,32). The number of hydrogen-bond acceptors (Lipinski definition) is 5. The molecule has 0 saturated heterocycles. The van der Waals surface area contributed by atoms with Crippen molar-refractivity contribution in [3.8, 4) is 11.5 Å². The Morgan fingerprint density at radius 3 is 2.11 bits per heavy atom. The minimum absolute atomic E-state index is 0.126. The third kappa shape index (κ3) is 8.64. The van der Waals surface area contributed by atoms with Gasteiger partial charge in [0.05, 0.1) is 22.2 Å². The van der Waals surface area contributed by atoms with E-state index in [-0.39, 0.29) is 12.8 Å². The van der Waals surface area contributed by atoms with Crippen molar-refractivity contribution in [3.05, 3.63) is 80.8 Å². The molecule has 0 bridgehead atoms. The van der Waals surface area contributed by atoms with Crippen molar-refractivity contribution in [2.75, 3.05) is 17.2 Å². The summed E-state index contributed by atoms with van der Waals surface area (Å²) in [6, 6.07) is 16.0. The highest BCUT2D eigenvalue weighted by molar-refractivity contribution is 6.36. The summed E-state index contributed by atoms with van der Waals surface area (Å²) >= 11 is 23.8. The molecule has 2 amide bonds. The average Bonchev–Trinajstić information content (AvgIpc) is 2.82. The molecule has 0 unspecified atom stereocenters. The van der Waals surface area contributed by atoms with Gasteiger partial charge in [0.25, 0.3) is 5.91 Å². The zero-order valence-electron chi connectivity index (χ0n) is 17.9. The quantitative estimate of drug-likeness (QED) is 0.277. The van der Waals surface area contributed by atoms with E-state index in [1.54, 1.807) is 48.5 Å². The molecule has 0 aromatic heterocycles. The number of carbonyl (C=O) groups is 3. The molecule has 0 fully saturated rings. The van der Waals surface area contributed by atoms with Crippen molar-refractivity contribution >= 4 is 75.6 Å². The Morgan fingerprint density at radius 1 is 0.714 bits per heavy atom. The molecule has 3 rings (SSSR count). The summed E-state index contributed by atoms with van der Waals surface area (Å²) in [5, 5.41) is 6.70. The molecule has 0 aliphatic rings. The van der Waals surface area contributed by atoms with Crippen LogP contribution in [0.3, 0.4) is 0 Å². The summed E-state index contributed by atoms with van der Waals surface area (Å²) in [4.78, 5) is 36.0. The molecule has 0 saturated carbocycles. The molecule has 0 atom stereocenters. The summed E-state index contributed by atoms with van der Waals surface area (Å²) in [5.41, 5.74) is 0.808. The fourth-order valence-electron chi connectivity index (χ4n) is 2.73. The third-order valence-electron chi connectivity index (χ3n) is 4.38. The van der Waals surface area contributed by atoms with E-state index in [0.717, 1.165) is 0 Å². The summed E-state index contributed by atoms with van der Waals surface area (Å²) in [5.74, 6) is -0.736. The lowest BCUT2D eigenvalue weighted by molar-refractivity contribution is -0.147. The van der Waals surface area contributed by atoms with Crippen LogP contribution in [0.2, 0.25) is 20.1 Å². The lowest BCUT2D eigenvalue weighted by atomic mass is 10.2. The van der Waals surface area contributed by atoms with E-state index in [2.05, 4.69) is 10.6 Å². The van der Waals surface area contributed by atoms with Crippen LogP contribution in [0.5, 0.6) is 11.5 Å². The van der Waals surface area contributed by atoms with Gasteiger partial charge >= 0.3 is 5.97 Å². The number of rotatable bonds is 9. The largest absolute Gasteiger partial charge is 0.456 e. The predicted molar refractivity (Wildman–Crippen MR) is 137 cm³/mol. The Balaban J connectivity index is 1.39. The second-order valence-corrected chi connectivity index (χ2v) is 8.77. The maximum absolute atomic E-state index is 12.1. The number of hydrogen-bond donors (Lipinski definition) is 2. The topological polar surface area (TPSA) is 93.7 Å². The van der Waals surface area contributed by atoms with Gasteiger partial charge in [0.1, 0.15) is 11.5 Å². The van der Waals surface area contributed by atoms with Gasteiger partial charge in [0, 0.05) is 22.2 Å². The molecular formula is C24H18Cl4N2O5. The molecular weight excluding hydrogens is 538 g/mol. The highest BCUT2D eigenvalue weighted by Gasteiger charge is 2.12. The minimum atomic E-state index is -0.698. The maximum atomic E-state index is 12.1.